The molecular formula is C20H28ClN3O4S. The summed E-state index contributed by atoms with van der Waals surface area (Å²) < 4.78 is 39.4. The molecule has 0 radical (unpaired) electrons. The van der Waals surface area contributed by atoms with Crippen LogP contribution in [0.3, 0.4) is 0 Å². The van der Waals surface area contributed by atoms with Crippen LogP contribution in [0.1, 0.15) is 12.5 Å². The first kappa shape index (κ1) is 23.3. The van der Waals surface area contributed by atoms with E-state index in [-0.39, 0.29) is 17.3 Å². The molecule has 0 bridgehead atoms. The molecule has 2 N–H and O–H groups in total. The zero-order valence-corrected chi connectivity index (χ0v) is 18.3. The van der Waals surface area contributed by atoms with Crippen molar-refractivity contribution in [3.8, 4) is 5.75 Å². The van der Waals surface area contributed by atoms with E-state index in [2.05, 4.69) is 14.9 Å². The van der Waals surface area contributed by atoms with Gasteiger partial charge in [0, 0.05) is 38.5 Å². The highest BCUT2D eigenvalue weighted by Gasteiger charge is 2.21. The molecular weight excluding hydrogens is 414 g/mol. The molecule has 1 saturated heterocycles. The molecule has 160 valence electrons. The Labute approximate surface area is 178 Å². The summed E-state index contributed by atoms with van der Waals surface area (Å²) in [5.41, 5.74) is 2.21. The van der Waals surface area contributed by atoms with Crippen molar-refractivity contribution >= 4 is 33.8 Å². The van der Waals surface area contributed by atoms with Gasteiger partial charge in [-0.05, 0) is 42.8 Å². The Morgan fingerprint density at radius 1 is 1.14 bits per heavy atom. The molecule has 1 aliphatic rings. The molecule has 1 fully saturated rings. The van der Waals surface area contributed by atoms with Gasteiger partial charge in [-0.2, -0.15) is 0 Å². The van der Waals surface area contributed by atoms with Crippen LogP contribution in [0.2, 0.25) is 0 Å². The average molecular weight is 442 g/mol. The van der Waals surface area contributed by atoms with Crippen LogP contribution >= 0.6 is 12.4 Å². The highest BCUT2D eigenvalue weighted by molar-refractivity contribution is 7.92. The summed E-state index contributed by atoms with van der Waals surface area (Å²) in [4.78, 5) is 2.34. The van der Waals surface area contributed by atoms with E-state index in [1.54, 1.807) is 37.4 Å². The van der Waals surface area contributed by atoms with Gasteiger partial charge >= 0.3 is 0 Å². The van der Waals surface area contributed by atoms with Crippen LogP contribution in [0.15, 0.2) is 47.4 Å². The summed E-state index contributed by atoms with van der Waals surface area (Å²) in [5.74, 6) is 0.666. The molecule has 0 saturated carbocycles. The fourth-order valence-electron chi connectivity index (χ4n) is 3.15. The normalized spacial score (nSPS) is 14.2. The predicted molar refractivity (Wildman–Crippen MR) is 118 cm³/mol. The van der Waals surface area contributed by atoms with E-state index in [1.165, 1.54) is 0 Å². The maximum Gasteiger partial charge on any atom is 0.261 e. The van der Waals surface area contributed by atoms with Crippen molar-refractivity contribution in [2.24, 2.45) is 0 Å². The van der Waals surface area contributed by atoms with E-state index in [0.717, 1.165) is 37.4 Å². The van der Waals surface area contributed by atoms with Crippen molar-refractivity contribution in [1.29, 1.82) is 0 Å². The minimum Gasteiger partial charge on any atom is -0.495 e. The molecule has 0 aliphatic carbocycles. The molecule has 0 atom stereocenters. The summed E-state index contributed by atoms with van der Waals surface area (Å²) in [6, 6.07) is 12.2. The number of hydrogen-bond donors (Lipinski definition) is 2. The number of benzene rings is 2. The van der Waals surface area contributed by atoms with Crippen molar-refractivity contribution in [2.75, 3.05) is 49.5 Å². The fourth-order valence-corrected chi connectivity index (χ4v) is 4.22. The number of halogens is 1. The van der Waals surface area contributed by atoms with E-state index in [1.807, 2.05) is 19.1 Å². The SMILES string of the molecule is CCOCc1cccc(NS(=O)(=O)c2ccc(OC)c(N3CCNCC3)c2)c1.Cl. The second kappa shape index (κ2) is 10.7. The molecule has 9 heteroatoms. The van der Waals surface area contributed by atoms with Crippen LogP contribution in [0, 0.1) is 0 Å². The first-order chi connectivity index (χ1) is 13.5. The lowest BCUT2D eigenvalue weighted by Crippen LogP contribution is -2.43. The lowest BCUT2D eigenvalue weighted by Gasteiger charge is -2.30. The molecule has 1 heterocycles. The van der Waals surface area contributed by atoms with E-state index in [9.17, 15) is 8.42 Å². The quantitative estimate of drug-likeness (QED) is 0.655. The van der Waals surface area contributed by atoms with Gasteiger partial charge in [0.2, 0.25) is 0 Å². The van der Waals surface area contributed by atoms with Gasteiger partial charge in [0.05, 0.1) is 24.3 Å². The molecule has 0 spiro atoms. The number of anilines is 2. The first-order valence-electron chi connectivity index (χ1n) is 9.36. The minimum atomic E-state index is -3.73. The van der Waals surface area contributed by atoms with Crippen molar-refractivity contribution in [3.05, 3.63) is 48.0 Å². The summed E-state index contributed by atoms with van der Waals surface area (Å²) in [5, 5.41) is 3.30. The number of piperazine rings is 1. The summed E-state index contributed by atoms with van der Waals surface area (Å²) >= 11 is 0. The van der Waals surface area contributed by atoms with E-state index < -0.39 is 10.0 Å². The smallest absolute Gasteiger partial charge is 0.261 e. The zero-order valence-electron chi connectivity index (χ0n) is 16.7. The zero-order chi connectivity index (χ0) is 20.0. The molecule has 29 heavy (non-hydrogen) atoms. The van der Waals surface area contributed by atoms with Crippen LogP contribution in [-0.4, -0.2) is 48.3 Å². The Bertz CT molecular complexity index is 902. The third-order valence-electron chi connectivity index (χ3n) is 4.57. The number of ether oxygens (including phenoxy) is 2. The summed E-state index contributed by atoms with van der Waals surface area (Å²) in [7, 11) is -2.13. The van der Waals surface area contributed by atoms with Crippen LogP contribution < -0.4 is 19.7 Å². The topological polar surface area (TPSA) is 79.9 Å². The van der Waals surface area contributed by atoms with Gasteiger partial charge < -0.3 is 19.7 Å². The van der Waals surface area contributed by atoms with Crippen molar-refractivity contribution in [1.82, 2.24) is 5.32 Å². The number of sulfonamides is 1. The Morgan fingerprint density at radius 3 is 2.59 bits per heavy atom. The number of nitrogens with one attached hydrogen (secondary N) is 2. The Hall–Kier alpha value is -2.00. The van der Waals surface area contributed by atoms with Gasteiger partial charge in [-0.1, -0.05) is 12.1 Å². The molecule has 7 nitrogen and oxygen atoms in total. The standard InChI is InChI=1S/C20H27N3O4S.ClH/c1-3-27-15-16-5-4-6-17(13-16)22-28(24,25)18-7-8-20(26-2)19(14-18)23-11-9-21-10-12-23;/h4-8,13-14,21-22H,3,9-12,15H2,1-2H3;1H. The van der Waals surface area contributed by atoms with Crippen LogP contribution in [0.25, 0.3) is 0 Å². The third kappa shape index (κ3) is 5.99. The number of rotatable bonds is 8. The molecule has 3 rings (SSSR count). The fraction of sp³-hybridized carbons (Fsp3) is 0.400. The van der Waals surface area contributed by atoms with E-state index in [4.69, 9.17) is 9.47 Å². The largest absolute Gasteiger partial charge is 0.495 e. The molecule has 0 unspecified atom stereocenters. The molecule has 0 amide bonds. The maximum absolute atomic E-state index is 12.9. The van der Waals surface area contributed by atoms with Crippen molar-refractivity contribution in [3.63, 3.8) is 0 Å². The number of methoxy groups -OCH3 is 1. The third-order valence-corrected chi connectivity index (χ3v) is 5.95. The number of hydrogen-bond acceptors (Lipinski definition) is 6. The van der Waals surface area contributed by atoms with E-state index in [0.29, 0.717) is 24.7 Å². The van der Waals surface area contributed by atoms with Crippen LogP contribution in [-0.2, 0) is 21.4 Å². The van der Waals surface area contributed by atoms with Gasteiger partial charge in [0.1, 0.15) is 5.75 Å². The molecule has 2 aromatic carbocycles. The monoisotopic (exact) mass is 441 g/mol. The van der Waals surface area contributed by atoms with Crippen LogP contribution in [0.5, 0.6) is 5.75 Å². The number of nitrogens with zero attached hydrogens (tertiary/aromatic N) is 1. The van der Waals surface area contributed by atoms with Crippen LogP contribution in [0.4, 0.5) is 11.4 Å². The van der Waals surface area contributed by atoms with Gasteiger partial charge in [-0.3, -0.25) is 4.72 Å². The Morgan fingerprint density at radius 2 is 1.90 bits per heavy atom. The highest BCUT2D eigenvalue weighted by Crippen LogP contribution is 2.32. The Balaban J connectivity index is 0.00000300. The van der Waals surface area contributed by atoms with Gasteiger partial charge in [-0.25, -0.2) is 8.42 Å². The van der Waals surface area contributed by atoms with Gasteiger partial charge in [0.25, 0.3) is 10.0 Å². The second-order valence-corrected chi connectivity index (χ2v) is 8.20. The second-order valence-electron chi connectivity index (χ2n) is 6.51. The lowest BCUT2D eigenvalue weighted by atomic mass is 10.2. The molecule has 1 aliphatic heterocycles. The minimum absolute atomic E-state index is 0. The van der Waals surface area contributed by atoms with Crippen molar-refractivity contribution < 1.29 is 17.9 Å². The van der Waals surface area contributed by atoms with Gasteiger partial charge in [-0.15, -0.1) is 12.4 Å². The van der Waals surface area contributed by atoms with E-state index >= 15 is 0 Å². The Kier molecular flexibility index (Phi) is 8.58. The predicted octanol–water partition coefficient (Wildman–Crippen LogP) is 2.86. The summed E-state index contributed by atoms with van der Waals surface area (Å²) in [6.07, 6.45) is 0. The average Bonchev–Trinajstić information content (AvgIpc) is 2.72. The van der Waals surface area contributed by atoms with Gasteiger partial charge in [0.15, 0.2) is 0 Å². The maximum atomic E-state index is 12.9. The molecule has 0 aromatic heterocycles. The highest BCUT2D eigenvalue weighted by atomic mass is 35.5. The van der Waals surface area contributed by atoms with Crippen molar-refractivity contribution in [2.45, 2.75) is 18.4 Å². The summed E-state index contributed by atoms with van der Waals surface area (Å²) in [6.45, 7) is 6.28. The first-order valence-corrected chi connectivity index (χ1v) is 10.8. The molecule has 2 aromatic rings. The lowest BCUT2D eigenvalue weighted by molar-refractivity contribution is 0.134.